The maximum Gasteiger partial charge on any atom is 0.417 e. The van der Waals surface area contributed by atoms with Crippen LogP contribution in [0.15, 0.2) is 42.5 Å². The molecular weight excluding hydrogens is 535 g/mol. The van der Waals surface area contributed by atoms with Crippen LogP contribution < -0.4 is 14.4 Å². The number of halogens is 4. The van der Waals surface area contributed by atoms with Crippen LogP contribution in [0.3, 0.4) is 0 Å². The molecule has 37 heavy (non-hydrogen) atoms. The maximum absolute atomic E-state index is 13.6. The average Bonchev–Trinajstić information content (AvgIpc) is 2.81. The summed E-state index contributed by atoms with van der Waals surface area (Å²) >= 11 is 5.68. The second-order valence-electron chi connectivity index (χ2n) is 8.12. The van der Waals surface area contributed by atoms with E-state index in [2.05, 4.69) is 5.32 Å². The van der Waals surface area contributed by atoms with Gasteiger partial charge in [0, 0.05) is 13.1 Å². The molecule has 2 aromatic rings. The fourth-order valence-electron chi connectivity index (χ4n) is 3.68. The maximum atomic E-state index is 13.6. The fraction of sp³-hybridized carbons (Fsp3) is 0.417. The van der Waals surface area contributed by atoms with Crippen molar-refractivity contribution in [3.8, 4) is 5.75 Å². The molecule has 0 radical (unpaired) electrons. The lowest BCUT2D eigenvalue weighted by Gasteiger charge is -2.33. The Morgan fingerprint density at radius 1 is 1.14 bits per heavy atom. The van der Waals surface area contributed by atoms with Crippen LogP contribution in [0.5, 0.6) is 5.75 Å². The molecule has 13 heteroatoms. The Bertz CT molecular complexity index is 1220. The van der Waals surface area contributed by atoms with E-state index in [1.54, 1.807) is 38.1 Å². The summed E-state index contributed by atoms with van der Waals surface area (Å²) in [6.45, 7) is 2.80. The van der Waals surface area contributed by atoms with E-state index in [4.69, 9.17) is 16.3 Å². The molecule has 0 heterocycles. The van der Waals surface area contributed by atoms with Gasteiger partial charge in [-0.05, 0) is 49.2 Å². The van der Waals surface area contributed by atoms with E-state index < -0.39 is 51.2 Å². The van der Waals surface area contributed by atoms with Crippen LogP contribution in [0, 0.1) is 0 Å². The molecule has 2 aromatic carbocycles. The van der Waals surface area contributed by atoms with Crippen LogP contribution >= 0.6 is 11.6 Å². The summed E-state index contributed by atoms with van der Waals surface area (Å²) in [4.78, 5) is 27.5. The Morgan fingerprint density at radius 2 is 1.81 bits per heavy atom. The second kappa shape index (κ2) is 12.5. The van der Waals surface area contributed by atoms with Gasteiger partial charge in [-0.3, -0.25) is 13.9 Å². The summed E-state index contributed by atoms with van der Waals surface area (Å²) in [6, 6.07) is 8.37. The number of anilines is 1. The lowest BCUT2D eigenvalue weighted by molar-refractivity contribution is -0.140. The van der Waals surface area contributed by atoms with E-state index in [1.165, 1.54) is 12.0 Å². The number of methoxy groups -OCH3 is 1. The van der Waals surface area contributed by atoms with Gasteiger partial charge in [0.05, 0.1) is 29.6 Å². The van der Waals surface area contributed by atoms with Gasteiger partial charge in [0.1, 0.15) is 18.3 Å². The number of benzene rings is 2. The fourth-order valence-corrected chi connectivity index (χ4v) is 4.74. The summed E-state index contributed by atoms with van der Waals surface area (Å²) in [5.41, 5.74) is -1.03. The minimum Gasteiger partial charge on any atom is -0.497 e. The summed E-state index contributed by atoms with van der Waals surface area (Å²) in [6.07, 6.45) is -3.86. The quantitative estimate of drug-likeness (QED) is 0.444. The molecule has 8 nitrogen and oxygen atoms in total. The first-order chi connectivity index (χ1) is 17.2. The van der Waals surface area contributed by atoms with Gasteiger partial charge in [-0.1, -0.05) is 30.7 Å². The number of nitrogens with one attached hydrogen (secondary N) is 1. The molecule has 1 atom stereocenters. The van der Waals surface area contributed by atoms with Gasteiger partial charge >= 0.3 is 6.18 Å². The Labute approximate surface area is 219 Å². The zero-order chi connectivity index (χ0) is 28.0. The molecule has 0 aliphatic carbocycles. The number of likely N-dealkylation sites (N-methyl/N-ethyl adjacent to an activating group) is 1. The average molecular weight is 564 g/mol. The predicted molar refractivity (Wildman–Crippen MR) is 135 cm³/mol. The first-order valence-electron chi connectivity index (χ1n) is 11.3. The highest BCUT2D eigenvalue weighted by molar-refractivity contribution is 7.92. The molecular formula is C24H29ClF3N3O5S. The molecule has 2 amide bonds. The number of carbonyl (C=O) groups is 2. The molecule has 0 fully saturated rings. The standard InChI is InChI=1S/C24H29ClF3N3O5S/c1-5-21(23(33)29-6-2)30(14-16-8-7-9-18(12-16)36-3)22(32)15-31(37(4,34)35)17-10-11-20(25)19(13-17)24(26,27)28/h7-13,21H,5-6,14-15H2,1-4H3,(H,29,33). The molecule has 1 unspecified atom stereocenters. The predicted octanol–water partition coefficient (Wildman–Crippen LogP) is 4.08. The zero-order valence-electron chi connectivity index (χ0n) is 20.8. The molecule has 1 N–H and O–H groups in total. The van der Waals surface area contributed by atoms with Crippen molar-refractivity contribution in [2.24, 2.45) is 0 Å². The van der Waals surface area contributed by atoms with Gasteiger partial charge in [-0.15, -0.1) is 0 Å². The van der Waals surface area contributed by atoms with Crippen LogP contribution in [-0.2, 0) is 32.3 Å². The van der Waals surface area contributed by atoms with Crippen molar-refractivity contribution in [1.82, 2.24) is 10.2 Å². The number of hydrogen-bond donors (Lipinski definition) is 1. The molecule has 0 bridgehead atoms. The minimum atomic E-state index is -4.84. The third-order valence-corrected chi connectivity index (χ3v) is 6.92. The molecule has 0 aromatic heterocycles. The monoisotopic (exact) mass is 563 g/mol. The topological polar surface area (TPSA) is 96.0 Å². The molecule has 0 aliphatic rings. The number of hydrogen-bond acceptors (Lipinski definition) is 5. The molecule has 0 spiro atoms. The zero-order valence-corrected chi connectivity index (χ0v) is 22.4. The third-order valence-electron chi connectivity index (χ3n) is 5.45. The number of ether oxygens (including phenoxy) is 1. The lowest BCUT2D eigenvalue weighted by Crippen LogP contribution is -2.52. The minimum absolute atomic E-state index is 0.0717. The third kappa shape index (κ3) is 8.00. The van der Waals surface area contributed by atoms with Crippen molar-refractivity contribution >= 4 is 39.1 Å². The van der Waals surface area contributed by atoms with Crippen molar-refractivity contribution in [2.75, 3.05) is 30.8 Å². The van der Waals surface area contributed by atoms with Gasteiger partial charge in [0.15, 0.2) is 0 Å². The van der Waals surface area contributed by atoms with Gasteiger partial charge in [0.25, 0.3) is 0 Å². The van der Waals surface area contributed by atoms with E-state index in [9.17, 15) is 31.2 Å². The number of nitrogens with zero attached hydrogens (tertiary/aromatic N) is 2. The summed E-state index contributed by atoms with van der Waals surface area (Å²) in [7, 11) is -2.74. The number of rotatable bonds is 11. The Morgan fingerprint density at radius 3 is 2.35 bits per heavy atom. The largest absolute Gasteiger partial charge is 0.497 e. The van der Waals surface area contributed by atoms with E-state index in [1.807, 2.05) is 0 Å². The first-order valence-corrected chi connectivity index (χ1v) is 13.5. The molecule has 0 aliphatic heterocycles. The van der Waals surface area contributed by atoms with Crippen molar-refractivity contribution in [2.45, 2.75) is 39.0 Å². The van der Waals surface area contributed by atoms with E-state index >= 15 is 0 Å². The van der Waals surface area contributed by atoms with E-state index in [-0.39, 0.29) is 18.7 Å². The highest BCUT2D eigenvalue weighted by Gasteiger charge is 2.36. The molecule has 204 valence electrons. The number of carbonyl (C=O) groups excluding carboxylic acids is 2. The normalized spacial score (nSPS) is 12.5. The van der Waals surface area contributed by atoms with Crippen molar-refractivity contribution in [3.05, 3.63) is 58.6 Å². The second-order valence-corrected chi connectivity index (χ2v) is 10.4. The highest BCUT2D eigenvalue weighted by Crippen LogP contribution is 2.37. The lowest BCUT2D eigenvalue weighted by atomic mass is 10.1. The van der Waals surface area contributed by atoms with Crippen LogP contribution in [0.2, 0.25) is 5.02 Å². The van der Waals surface area contributed by atoms with Crippen LogP contribution in [-0.4, -0.2) is 57.6 Å². The van der Waals surface area contributed by atoms with Crippen LogP contribution in [0.25, 0.3) is 0 Å². The summed E-state index contributed by atoms with van der Waals surface area (Å²) in [5.74, 6) is -0.720. The van der Waals surface area contributed by atoms with Gasteiger partial charge in [-0.2, -0.15) is 13.2 Å². The van der Waals surface area contributed by atoms with Crippen LogP contribution in [0.4, 0.5) is 18.9 Å². The van der Waals surface area contributed by atoms with E-state index in [0.717, 1.165) is 18.4 Å². The number of sulfonamides is 1. The number of alkyl halides is 3. The molecule has 2 rings (SSSR count). The summed E-state index contributed by atoms with van der Waals surface area (Å²) in [5, 5.41) is 2.04. The first kappa shape index (κ1) is 30.2. The van der Waals surface area contributed by atoms with Crippen molar-refractivity contribution in [3.63, 3.8) is 0 Å². The summed E-state index contributed by atoms with van der Waals surface area (Å²) < 4.78 is 71.2. The Kier molecular flexibility index (Phi) is 10.2. The van der Waals surface area contributed by atoms with Crippen molar-refractivity contribution in [1.29, 1.82) is 0 Å². The molecule has 0 saturated heterocycles. The van der Waals surface area contributed by atoms with E-state index in [0.29, 0.717) is 28.2 Å². The number of amides is 2. The van der Waals surface area contributed by atoms with Crippen molar-refractivity contribution < 1.29 is 35.9 Å². The highest BCUT2D eigenvalue weighted by atomic mass is 35.5. The van der Waals surface area contributed by atoms with Gasteiger partial charge < -0.3 is 15.0 Å². The Balaban J connectivity index is 2.53. The molecule has 0 saturated carbocycles. The smallest absolute Gasteiger partial charge is 0.417 e. The van der Waals surface area contributed by atoms with Gasteiger partial charge in [0.2, 0.25) is 21.8 Å². The van der Waals surface area contributed by atoms with Crippen LogP contribution in [0.1, 0.15) is 31.4 Å². The SMILES string of the molecule is CCNC(=O)C(CC)N(Cc1cccc(OC)c1)C(=O)CN(c1ccc(Cl)c(C(F)(F)F)c1)S(C)(=O)=O. The van der Waals surface area contributed by atoms with Gasteiger partial charge in [-0.25, -0.2) is 8.42 Å². The Hall–Kier alpha value is -2.99.